The average Bonchev–Trinajstić information content (AvgIpc) is 2.56. The van der Waals surface area contributed by atoms with Crippen molar-refractivity contribution in [3.05, 3.63) is 53.3 Å². The molecule has 24 heavy (non-hydrogen) atoms. The molecule has 0 radical (unpaired) electrons. The van der Waals surface area contributed by atoms with Gasteiger partial charge in [0.25, 0.3) is 5.91 Å². The molecule has 124 valence electrons. The Kier molecular flexibility index (Phi) is 4.40. The van der Waals surface area contributed by atoms with Crippen LogP contribution in [0.5, 0.6) is 5.75 Å². The van der Waals surface area contributed by atoms with Crippen LogP contribution < -0.4 is 15.0 Å². The first kappa shape index (κ1) is 16.3. The van der Waals surface area contributed by atoms with E-state index in [2.05, 4.69) is 5.32 Å². The van der Waals surface area contributed by atoms with Gasteiger partial charge in [-0.1, -0.05) is 23.7 Å². The standard InChI is InChI=1S/C17H14ClFN2O3/c1-10(22)21-9-16(24-15-5-3-2-4-14(15)21)17(23)20-13-7-6-11(18)8-12(13)19/h2-8,16H,9H2,1H3,(H,20,23)/t16-/m1/s1. The molecule has 1 aliphatic heterocycles. The van der Waals surface area contributed by atoms with E-state index in [0.717, 1.165) is 6.07 Å². The molecule has 0 spiro atoms. The summed E-state index contributed by atoms with van der Waals surface area (Å²) in [5, 5.41) is 2.69. The van der Waals surface area contributed by atoms with E-state index in [1.165, 1.54) is 24.0 Å². The molecule has 0 saturated heterocycles. The van der Waals surface area contributed by atoms with Gasteiger partial charge in [0, 0.05) is 11.9 Å². The summed E-state index contributed by atoms with van der Waals surface area (Å²) in [6, 6.07) is 10.9. The van der Waals surface area contributed by atoms with Gasteiger partial charge in [-0.15, -0.1) is 0 Å². The van der Waals surface area contributed by atoms with E-state index >= 15 is 0 Å². The monoisotopic (exact) mass is 348 g/mol. The highest BCUT2D eigenvalue weighted by Crippen LogP contribution is 2.33. The summed E-state index contributed by atoms with van der Waals surface area (Å²) in [4.78, 5) is 25.7. The maximum absolute atomic E-state index is 13.8. The van der Waals surface area contributed by atoms with E-state index in [1.54, 1.807) is 24.3 Å². The summed E-state index contributed by atoms with van der Waals surface area (Å²) >= 11 is 5.69. The molecule has 7 heteroatoms. The number of nitrogens with one attached hydrogen (secondary N) is 1. The van der Waals surface area contributed by atoms with Crippen LogP contribution in [0.15, 0.2) is 42.5 Å². The Hall–Kier alpha value is -2.60. The number of hydrogen-bond acceptors (Lipinski definition) is 3. The first-order valence-electron chi connectivity index (χ1n) is 7.25. The summed E-state index contributed by atoms with van der Waals surface area (Å²) in [7, 11) is 0. The van der Waals surface area contributed by atoms with Crippen molar-refractivity contribution < 1.29 is 18.7 Å². The van der Waals surface area contributed by atoms with E-state index < -0.39 is 17.8 Å². The van der Waals surface area contributed by atoms with E-state index in [4.69, 9.17) is 16.3 Å². The van der Waals surface area contributed by atoms with Crippen molar-refractivity contribution in [2.24, 2.45) is 0 Å². The van der Waals surface area contributed by atoms with Crippen LogP contribution in [0, 0.1) is 5.82 Å². The lowest BCUT2D eigenvalue weighted by Crippen LogP contribution is -2.48. The fourth-order valence-electron chi connectivity index (χ4n) is 2.47. The number of halogens is 2. The van der Waals surface area contributed by atoms with Gasteiger partial charge >= 0.3 is 0 Å². The van der Waals surface area contributed by atoms with Crippen LogP contribution in [0.25, 0.3) is 0 Å². The Morgan fingerprint density at radius 3 is 2.75 bits per heavy atom. The molecule has 0 aromatic heterocycles. The molecule has 0 aliphatic carbocycles. The lowest BCUT2D eigenvalue weighted by atomic mass is 10.1. The van der Waals surface area contributed by atoms with Crippen molar-refractivity contribution in [2.75, 3.05) is 16.8 Å². The van der Waals surface area contributed by atoms with Crippen molar-refractivity contribution >= 4 is 34.8 Å². The zero-order chi connectivity index (χ0) is 17.3. The molecule has 0 unspecified atom stereocenters. The van der Waals surface area contributed by atoms with Crippen molar-refractivity contribution in [3.63, 3.8) is 0 Å². The first-order valence-corrected chi connectivity index (χ1v) is 7.63. The summed E-state index contributed by atoms with van der Waals surface area (Å²) in [5.74, 6) is -0.968. The smallest absolute Gasteiger partial charge is 0.267 e. The van der Waals surface area contributed by atoms with Crippen molar-refractivity contribution in [2.45, 2.75) is 13.0 Å². The fraction of sp³-hybridized carbons (Fsp3) is 0.176. The van der Waals surface area contributed by atoms with E-state index in [0.29, 0.717) is 11.4 Å². The summed E-state index contributed by atoms with van der Waals surface area (Å²) in [6.45, 7) is 1.46. The summed E-state index contributed by atoms with van der Waals surface area (Å²) in [6.07, 6.45) is -0.945. The second-order valence-corrected chi connectivity index (χ2v) is 5.75. The van der Waals surface area contributed by atoms with Crippen LogP contribution in [0.1, 0.15) is 6.92 Å². The molecule has 3 rings (SSSR count). The van der Waals surface area contributed by atoms with Crippen LogP contribution in [-0.4, -0.2) is 24.5 Å². The minimum Gasteiger partial charge on any atom is -0.476 e. The molecule has 1 atom stereocenters. The van der Waals surface area contributed by atoms with Crippen LogP contribution in [0.4, 0.5) is 15.8 Å². The van der Waals surface area contributed by atoms with E-state index in [9.17, 15) is 14.0 Å². The normalized spacial score (nSPS) is 16.1. The number of amides is 2. The molecular formula is C17H14ClFN2O3. The number of rotatable bonds is 2. The van der Waals surface area contributed by atoms with Gasteiger partial charge in [0.1, 0.15) is 11.6 Å². The lowest BCUT2D eigenvalue weighted by Gasteiger charge is -2.33. The van der Waals surface area contributed by atoms with Gasteiger partial charge in [-0.2, -0.15) is 0 Å². The van der Waals surface area contributed by atoms with Gasteiger partial charge in [0.2, 0.25) is 5.91 Å². The Balaban J connectivity index is 1.82. The van der Waals surface area contributed by atoms with Gasteiger partial charge in [-0.3, -0.25) is 9.59 Å². The topological polar surface area (TPSA) is 58.6 Å². The number of fused-ring (bicyclic) bond motifs is 1. The Bertz CT molecular complexity index is 812. The molecule has 0 saturated carbocycles. The molecule has 2 aromatic rings. The highest BCUT2D eigenvalue weighted by Gasteiger charge is 2.32. The number of anilines is 2. The van der Waals surface area contributed by atoms with Gasteiger partial charge in [0.15, 0.2) is 6.10 Å². The molecule has 2 aromatic carbocycles. The minimum atomic E-state index is -0.945. The third kappa shape index (κ3) is 3.19. The second kappa shape index (κ2) is 6.49. The maximum Gasteiger partial charge on any atom is 0.267 e. The maximum atomic E-state index is 13.8. The number of nitrogens with zero attached hydrogens (tertiary/aromatic N) is 1. The van der Waals surface area contributed by atoms with Gasteiger partial charge in [-0.05, 0) is 30.3 Å². The van der Waals surface area contributed by atoms with Crippen LogP contribution in [0.3, 0.4) is 0 Å². The number of ether oxygens (including phenoxy) is 1. The fourth-order valence-corrected chi connectivity index (χ4v) is 2.63. The number of carbonyl (C=O) groups excluding carboxylic acids is 2. The average molecular weight is 349 g/mol. The molecule has 2 amide bonds. The van der Waals surface area contributed by atoms with Crippen molar-refractivity contribution in [3.8, 4) is 5.75 Å². The van der Waals surface area contributed by atoms with E-state index in [1.807, 2.05) is 0 Å². The second-order valence-electron chi connectivity index (χ2n) is 5.32. The Morgan fingerprint density at radius 1 is 1.29 bits per heavy atom. The molecular weight excluding hydrogens is 335 g/mol. The molecule has 0 bridgehead atoms. The van der Waals surface area contributed by atoms with Crippen molar-refractivity contribution in [1.82, 2.24) is 0 Å². The van der Waals surface area contributed by atoms with Crippen LogP contribution in [0.2, 0.25) is 5.02 Å². The largest absolute Gasteiger partial charge is 0.476 e. The van der Waals surface area contributed by atoms with Crippen LogP contribution >= 0.6 is 11.6 Å². The summed E-state index contributed by atoms with van der Waals surface area (Å²) < 4.78 is 19.5. The minimum absolute atomic E-state index is 0.00114. The summed E-state index contributed by atoms with van der Waals surface area (Å²) in [5.41, 5.74) is 0.605. The Labute approximate surface area is 143 Å². The number of para-hydroxylation sites is 2. The van der Waals surface area contributed by atoms with Gasteiger partial charge in [0.05, 0.1) is 17.9 Å². The number of benzene rings is 2. The molecule has 1 N–H and O–H groups in total. The quantitative estimate of drug-likeness (QED) is 0.906. The van der Waals surface area contributed by atoms with Gasteiger partial charge < -0.3 is 15.0 Å². The number of carbonyl (C=O) groups is 2. The highest BCUT2D eigenvalue weighted by atomic mass is 35.5. The predicted molar refractivity (Wildman–Crippen MR) is 88.9 cm³/mol. The molecule has 1 heterocycles. The highest BCUT2D eigenvalue weighted by molar-refractivity contribution is 6.30. The zero-order valence-electron chi connectivity index (χ0n) is 12.8. The van der Waals surface area contributed by atoms with Gasteiger partial charge in [-0.25, -0.2) is 4.39 Å². The Morgan fingerprint density at radius 2 is 2.04 bits per heavy atom. The number of hydrogen-bond donors (Lipinski definition) is 1. The van der Waals surface area contributed by atoms with Crippen LogP contribution in [-0.2, 0) is 9.59 Å². The van der Waals surface area contributed by atoms with E-state index in [-0.39, 0.29) is 23.2 Å². The zero-order valence-corrected chi connectivity index (χ0v) is 13.5. The lowest BCUT2D eigenvalue weighted by molar-refractivity contribution is -0.123. The first-order chi connectivity index (χ1) is 11.5. The molecule has 5 nitrogen and oxygen atoms in total. The van der Waals surface area contributed by atoms with Crippen molar-refractivity contribution in [1.29, 1.82) is 0 Å². The SMILES string of the molecule is CC(=O)N1C[C@H](C(=O)Nc2ccc(Cl)cc2F)Oc2ccccc21. The predicted octanol–water partition coefficient (Wildman–Crippen LogP) is 3.23. The third-order valence-electron chi connectivity index (χ3n) is 3.64. The molecule has 1 aliphatic rings. The third-order valence-corrected chi connectivity index (χ3v) is 3.87. The molecule has 0 fully saturated rings.